The molecule has 0 spiro atoms. The summed E-state index contributed by atoms with van der Waals surface area (Å²) in [6, 6.07) is 15.1. The average Bonchev–Trinajstić information content (AvgIpc) is 3.00. The van der Waals surface area contributed by atoms with Gasteiger partial charge in [-0.1, -0.05) is 42.5 Å². The van der Waals surface area contributed by atoms with Gasteiger partial charge in [0.1, 0.15) is 0 Å². The molecule has 3 rings (SSSR count). The quantitative estimate of drug-likeness (QED) is 0.447. The fourth-order valence-corrected chi connectivity index (χ4v) is 2.85. The Bertz CT molecular complexity index is 857. The average molecular weight is 365 g/mol. The van der Waals surface area contributed by atoms with E-state index in [4.69, 9.17) is 4.74 Å². The van der Waals surface area contributed by atoms with Crippen molar-refractivity contribution in [2.45, 2.75) is 32.4 Å². The van der Waals surface area contributed by atoms with E-state index < -0.39 is 12.1 Å². The summed E-state index contributed by atoms with van der Waals surface area (Å²) in [5.74, 6) is -1.24. The number of benzene rings is 2. The molecule has 1 saturated heterocycles. The summed E-state index contributed by atoms with van der Waals surface area (Å²) in [4.78, 5) is 49.1. The Labute approximate surface area is 156 Å². The molecular formula is C21H19NO5. The van der Waals surface area contributed by atoms with Crippen LogP contribution in [0.15, 0.2) is 54.6 Å². The minimum atomic E-state index is -0.903. The highest BCUT2D eigenvalue weighted by Gasteiger charge is 2.28. The van der Waals surface area contributed by atoms with Crippen molar-refractivity contribution in [1.29, 1.82) is 0 Å². The predicted molar refractivity (Wildman–Crippen MR) is 96.9 cm³/mol. The van der Waals surface area contributed by atoms with Crippen LogP contribution in [0.1, 0.15) is 46.0 Å². The van der Waals surface area contributed by atoms with Gasteiger partial charge in [-0.2, -0.15) is 0 Å². The number of amides is 2. The van der Waals surface area contributed by atoms with E-state index >= 15 is 0 Å². The van der Waals surface area contributed by atoms with Crippen molar-refractivity contribution < 1.29 is 23.9 Å². The first-order valence-corrected chi connectivity index (χ1v) is 8.68. The zero-order valence-corrected chi connectivity index (χ0v) is 14.9. The van der Waals surface area contributed by atoms with E-state index in [1.54, 1.807) is 54.6 Å². The van der Waals surface area contributed by atoms with E-state index in [1.165, 1.54) is 11.8 Å². The van der Waals surface area contributed by atoms with Crippen LogP contribution in [0.2, 0.25) is 0 Å². The Hall–Kier alpha value is -3.28. The van der Waals surface area contributed by atoms with Crippen molar-refractivity contribution in [2.75, 3.05) is 0 Å². The second-order valence-electron chi connectivity index (χ2n) is 6.35. The maximum atomic E-state index is 12.3. The highest BCUT2D eigenvalue weighted by molar-refractivity contribution is 6.02. The molecule has 1 heterocycles. The van der Waals surface area contributed by atoms with Gasteiger partial charge in [-0.25, -0.2) is 4.79 Å². The van der Waals surface area contributed by atoms with Gasteiger partial charge in [0.25, 0.3) is 0 Å². The number of likely N-dealkylation sites (tertiary alicyclic amines) is 1. The van der Waals surface area contributed by atoms with Crippen molar-refractivity contribution in [3.8, 4) is 0 Å². The number of hydrogen-bond acceptors (Lipinski definition) is 5. The third-order valence-corrected chi connectivity index (χ3v) is 4.40. The number of ether oxygens (including phenoxy) is 1. The lowest BCUT2D eigenvalue weighted by molar-refractivity contribution is -0.139. The van der Waals surface area contributed by atoms with Crippen LogP contribution in [-0.2, 0) is 20.9 Å². The van der Waals surface area contributed by atoms with Crippen LogP contribution < -0.4 is 0 Å². The molecular weight excluding hydrogens is 346 g/mol. The largest absolute Gasteiger partial charge is 0.451 e. The summed E-state index contributed by atoms with van der Waals surface area (Å²) < 4.78 is 5.25. The molecule has 1 atom stereocenters. The van der Waals surface area contributed by atoms with Gasteiger partial charge in [-0.05, 0) is 24.6 Å². The second kappa shape index (κ2) is 7.95. The Morgan fingerprint density at radius 3 is 2.11 bits per heavy atom. The zero-order valence-electron chi connectivity index (χ0n) is 14.9. The summed E-state index contributed by atoms with van der Waals surface area (Å²) in [6.07, 6.45) is -0.410. The molecule has 1 unspecified atom stereocenters. The third-order valence-electron chi connectivity index (χ3n) is 4.40. The van der Waals surface area contributed by atoms with Crippen LogP contribution in [0, 0.1) is 0 Å². The highest BCUT2D eigenvalue weighted by atomic mass is 16.5. The first kappa shape index (κ1) is 18.5. The molecule has 6 nitrogen and oxygen atoms in total. The summed E-state index contributed by atoms with van der Waals surface area (Å²) >= 11 is 0. The SMILES string of the molecule is CC(OC(=O)c1ccc(CN2C(=O)CCC2=O)cc1)C(=O)c1ccccc1. The van der Waals surface area contributed by atoms with E-state index in [0.29, 0.717) is 11.1 Å². The van der Waals surface area contributed by atoms with E-state index in [2.05, 4.69) is 0 Å². The molecule has 0 radical (unpaired) electrons. The van der Waals surface area contributed by atoms with Crippen LogP contribution in [0.25, 0.3) is 0 Å². The van der Waals surface area contributed by atoms with Gasteiger partial charge < -0.3 is 4.74 Å². The number of imide groups is 1. The van der Waals surface area contributed by atoms with Gasteiger partial charge in [0.2, 0.25) is 17.6 Å². The van der Waals surface area contributed by atoms with Gasteiger partial charge >= 0.3 is 5.97 Å². The lowest BCUT2D eigenvalue weighted by atomic mass is 10.1. The number of hydrogen-bond donors (Lipinski definition) is 0. The van der Waals surface area contributed by atoms with E-state index in [0.717, 1.165) is 5.56 Å². The Morgan fingerprint density at radius 2 is 1.52 bits per heavy atom. The van der Waals surface area contributed by atoms with Crippen molar-refractivity contribution in [2.24, 2.45) is 0 Å². The van der Waals surface area contributed by atoms with E-state index in [9.17, 15) is 19.2 Å². The number of carbonyl (C=O) groups is 4. The topological polar surface area (TPSA) is 80.8 Å². The number of esters is 1. The van der Waals surface area contributed by atoms with E-state index in [1.807, 2.05) is 0 Å². The van der Waals surface area contributed by atoms with Crippen LogP contribution in [0.3, 0.4) is 0 Å². The van der Waals surface area contributed by atoms with Gasteiger partial charge in [-0.3, -0.25) is 19.3 Å². The third kappa shape index (κ3) is 4.28. The molecule has 1 aliphatic heterocycles. The number of rotatable bonds is 6. The van der Waals surface area contributed by atoms with Gasteiger partial charge in [0, 0.05) is 18.4 Å². The maximum Gasteiger partial charge on any atom is 0.338 e. The molecule has 6 heteroatoms. The minimum Gasteiger partial charge on any atom is -0.451 e. The normalized spacial score (nSPS) is 14.9. The summed E-state index contributed by atoms with van der Waals surface area (Å²) in [5.41, 5.74) is 1.52. The standard InChI is InChI=1S/C21H19NO5/c1-14(20(25)16-5-3-2-4-6-16)27-21(26)17-9-7-15(8-10-17)13-22-18(23)11-12-19(22)24/h2-10,14H,11-13H2,1H3. The predicted octanol–water partition coefficient (Wildman–Crippen LogP) is 2.76. The van der Waals surface area contributed by atoms with Crippen LogP contribution >= 0.6 is 0 Å². The number of Topliss-reactive ketones (excluding diaryl/α,β-unsaturated/α-hetero) is 1. The molecule has 1 aliphatic rings. The summed E-state index contributed by atoms with van der Waals surface area (Å²) in [7, 11) is 0. The molecule has 0 N–H and O–H groups in total. The first-order valence-electron chi connectivity index (χ1n) is 8.68. The fourth-order valence-electron chi connectivity index (χ4n) is 2.85. The Balaban J connectivity index is 1.61. The van der Waals surface area contributed by atoms with Crippen molar-refractivity contribution in [3.05, 3.63) is 71.3 Å². The lowest BCUT2D eigenvalue weighted by Gasteiger charge is -2.14. The number of ketones is 1. The molecule has 1 fully saturated rings. The molecule has 2 amide bonds. The van der Waals surface area contributed by atoms with Gasteiger partial charge in [-0.15, -0.1) is 0 Å². The Morgan fingerprint density at radius 1 is 0.926 bits per heavy atom. The smallest absolute Gasteiger partial charge is 0.338 e. The maximum absolute atomic E-state index is 12.3. The molecule has 0 aromatic heterocycles. The monoisotopic (exact) mass is 365 g/mol. The highest BCUT2D eigenvalue weighted by Crippen LogP contribution is 2.17. The molecule has 2 aromatic carbocycles. The molecule has 0 saturated carbocycles. The Kier molecular flexibility index (Phi) is 5.45. The fraction of sp³-hybridized carbons (Fsp3) is 0.238. The minimum absolute atomic E-state index is 0.184. The molecule has 27 heavy (non-hydrogen) atoms. The van der Waals surface area contributed by atoms with Crippen LogP contribution in [0.5, 0.6) is 0 Å². The molecule has 138 valence electrons. The van der Waals surface area contributed by atoms with Gasteiger partial charge in [0.05, 0.1) is 12.1 Å². The second-order valence-corrected chi connectivity index (χ2v) is 6.35. The molecule has 0 bridgehead atoms. The lowest BCUT2D eigenvalue weighted by Crippen LogP contribution is -2.28. The van der Waals surface area contributed by atoms with E-state index in [-0.39, 0.29) is 37.0 Å². The van der Waals surface area contributed by atoms with Crippen molar-refractivity contribution in [1.82, 2.24) is 4.90 Å². The van der Waals surface area contributed by atoms with Gasteiger partial charge in [0.15, 0.2) is 6.10 Å². The van der Waals surface area contributed by atoms with Crippen LogP contribution in [0.4, 0.5) is 0 Å². The molecule has 2 aromatic rings. The number of nitrogens with zero attached hydrogens (tertiary/aromatic N) is 1. The van der Waals surface area contributed by atoms with Crippen molar-refractivity contribution in [3.63, 3.8) is 0 Å². The zero-order chi connectivity index (χ0) is 19.4. The first-order chi connectivity index (χ1) is 13.0. The summed E-state index contributed by atoms with van der Waals surface area (Å²) in [5, 5.41) is 0. The number of carbonyl (C=O) groups excluding carboxylic acids is 4. The summed E-state index contributed by atoms with van der Waals surface area (Å²) in [6.45, 7) is 1.72. The van der Waals surface area contributed by atoms with Crippen molar-refractivity contribution >= 4 is 23.6 Å². The molecule has 0 aliphatic carbocycles. The van der Waals surface area contributed by atoms with Crippen LogP contribution in [-0.4, -0.2) is 34.6 Å².